The van der Waals surface area contributed by atoms with E-state index in [0.717, 1.165) is 13.1 Å². The highest BCUT2D eigenvalue weighted by atomic mass is 16.5. The van der Waals surface area contributed by atoms with Crippen LogP contribution in [0.1, 0.15) is 12.8 Å². The Morgan fingerprint density at radius 2 is 2.36 bits per heavy atom. The van der Waals surface area contributed by atoms with Crippen LogP contribution in [-0.2, 0) is 9.53 Å². The molecule has 0 aromatic carbocycles. The summed E-state index contributed by atoms with van der Waals surface area (Å²) in [4.78, 5) is 11.2. The van der Waals surface area contributed by atoms with Gasteiger partial charge in [-0.25, -0.2) is 0 Å². The van der Waals surface area contributed by atoms with E-state index in [0.29, 0.717) is 5.41 Å². The molecule has 1 saturated carbocycles. The molecule has 1 heterocycles. The van der Waals surface area contributed by atoms with Crippen LogP contribution in [0.4, 0.5) is 0 Å². The number of esters is 1. The van der Waals surface area contributed by atoms with Gasteiger partial charge in [0.25, 0.3) is 0 Å². The summed E-state index contributed by atoms with van der Waals surface area (Å²) < 4.78 is 4.73. The lowest BCUT2D eigenvalue weighted by molar-refractivity contribution is -0.146. The highest BCUT2D eigenvalue weighted by molar-refractivity contribution is 5.74. The monoisotopic (exact) mass is 155 g/mol. The van der Waals surface area contributed by atoms with Crippen LogP contribution in [0, 0.1) is 11.3 Å². The zero-order valence-corrected chi connectivity index (χ0v) is 6.72. The van der Waals surface area contributed by atoms with Crippen molar-refractivity contribution in [2.45, 2.75) is 12.8 Å². The van der Waals surface area contributed by atoms with Crippen LogP contribution in [0.2, 0.25) is 0 Å². The number of methoxy groups -OCH3 is 1. The highest BCUT2D eigenvalue weighted by Gasteiger charge is 2.55. The van der Waals surface area contributed by atoms with Gasteiger partial charge in [-0.15, -0.1) is 0 Å². The average molecular weight is 155 g/mol. The summed E-state index contributed by atoms with van der Waals surface area (Å²) in [6.07, 6.45) is 2.39. The van der Waals surface area contributed by atoms with Crippen molar-refractivity contribution in [3.63, 3.8) is 0 Å². The second-order valence-electron chi connectivity index (χ2n) is 3.57. The Balaban J connectivity index is 2.08. The molecular formula is C8H13NO2. The quantitative estimate of drug-likeness (QED) is 0.548. The molecule has 2 fully saturated rings. The van der Waals surface area contributed by atoms with Gasteiger partial charge in [0.05, 0.1) is 13.0 Å². The average Bonchev–Trinajstić information content (AvgIpc) is 2.63. The minimum absolute atomic E-state index is 0.0347. The van der Waals surface area contributed by atoms with E-state index in [-0.39, 0.29) is 11.9 Å². The van der Waals surface area contributed by atoms with Gasteiger partial charge in [-0.05, 0) is 18.3 Å². The first kappa shape index (κ1) is 7.10. The molecule has 3 heteroatoms. The van der Waals surface area contributed by atoms with E-state index < -0.39 is 0 Å². The Morgan fingerprint density at radius 1 is 1.64 bits per heavy atom. The predicted molar refractivity (Wildman–Crippen MR) is 40.0 cm³/mol. The Labute approximate surface area is 66.1 Å². The minimum Gasteiger partial charge on any atom is -0.469 e. The molecule has 11 heavy (non-hydrogen) atoms. The number of hydrogen-bond donors (Lipinski definition) is 1. The first-order valence-corrected chi connectivity index (χ1v) is 4.07. The van der Waals surface area contributed by atoms with Crippen LogP contribution in [-0.4, -0.2) is 26.2 Å². The standard InChI is InChI=1S/C8H13NO2/c1-11-7(10)6-4-9-5-8(6)2-3-8/h6,9H,2-5H2,1H3. The number of hydrogen-bond acceptors (Lipinski definition) is 3. The van der Waals surface area contributed by atoms with E-state index in [4.69, 9.17) is 4.74 Å². The van der Waals surface area contributed by atoms with E-state index in [2.05, 4.69) is 5.32 Å². The summed E-state index contributed by atoms with van der Waals surface area (Å²) in [5.74, 6) is 0.0972. The summed E-state index contributed by atoms with van der Waals surface area (Å²) in [5, 5.41) is 3.24. The molecule has 2 rings (SSSR count). The Kier molecular flexibility index (Phi) is 1.42. The van der Waals surface area contributed by atoms with E-state index in [1.807, 2.05) is 0 Å². The van der Waals surface area contributed by atoms with Crippen molar-refractivity contribution < 1.29 is 9.53 Å². The number of carbonyl (C=O) groups excluding carboxylic acids is 1. The van der Waals surface area contributed by atoms with E-state index in [9.17, 15) is 4.79 Å². The molecule has 0 bridgehead atoms. The van der Waals surface area contributed by atoms with Crippen molar-refractivity contribution in [2.24, 2.45) is 11.3 Å². The molecule has 1 N–H and O–H groups in total. The fraction of sp³-hybridized carbons (Fsp3) is 0.875. The molecule has 0 amide bonds. The maximum Gasteiger partial charge on any atom is 0.310 e. The molecule has 3 nitrogen and oxygen atoms in total. The molecule has 2 aliphatic rings. The van der Waals surface area contributed by atoms with Crippen LogP contribution in [0.25, 0.3) is 0 Å². The topological polar surface area (TPSA) is 38.3 Å². The third-order valence-electron chi connectivity index (χ3n) is 2.94. The fourth-order valence-electron chi connectivity index (χ4n) is 1.97. The summed E-state index contributed by atoms with van der Waals surface area (Å²) in [6, 6.07) is 0. The normalized spacial score (nSPS) is 32.3. The summed E-state index contributed by atoms with van der Waals surface area (Å²) in [7, 11) is 1.47. The fourth-order valence-corrected chi connectivity index (χ4v) is 1.97. The predicted octanol–water partition coefficient (Wildman–Crippen LogP) is 0.159. The zero-order chi connectivity index (χ0) is 7.90. The second-order valence-corrected chi connectivity index (χ2v) is 3.57. The van der Waals surface area contributed by atoms with E-state index in [1.54, 1.807) is 0 Å². The van der Waals surface area contributed by atoms with Gasteiger partial charge in [-0.3, -0.25) is 4.79 Å². The lowest BCUT2D eigenvalue weighted by Gasteiger charge is -2.13. The number of nitrogens with one attached hydrogen (secondary N) is 1. The Morgan fingerprint density at radius 3 is 2.91 bits per heavy atom. The minimum atomic E-state index is -0.0347. The smallest absolute Gasteiger partial charge is 0.310 e. The Hall–Kier alpha value is -0.570. The van der Waals surface area contributed by atoms with Crippen LogP contribution in [0.3, 0.4) is 0 Å². The first-order valence-electron chi connectivity index (χ1n) is 4.07. The third-order valence-corrected chi connectivity index (χ3v) is 2.94. The summed E-state index contributed by atoms with van der Waals surface area (Å²) in [5.41, 5.74) is 0.299. The molecule has 1 atom stereocenters. The van der Waals surface area contributed by atoms with Gasteiger partial charge < -0.3 is 10.1 Å². The molecule has 62 valence electrons. The number of rotatable bonds is 1. The van der Waals surface area contributed by atoms with E-state index in [1.165, 1.54) is 20.0 Å². The lowest BCUT2D eigenvalue weighted by atomic mass is 9.93. The van der Waals surface area contributed by atoms with Gasteiger partial charge in [0, 0.05) is 13.1 Å². The maximum absolute atomic E-state index is 11.2. The summed E-state index contributed by atoms with van der Waals surface area (Å²) >= 11 is 0. The molecule has 1 saturated heterocycles. The van der Waals surface area contributed by atoms with Gasteiger partial charge >= 0.3 is 5.97 Å². The lowest BCUT2D eigenvalue weighted by Crippen LogP contribution is -2.24. The first-order chi connectivity index (χ1) is 5.28. The Bertz CT molecular complexity index is 187. The molecule has 1 unspecified atom stereocenters. The number of ether oxygens (including phenoxy) is 1. The van der Waals surface area contributed by atoms with Crippen LogP contribution in [0.5, 0.6) is 0 Å². The molecule has 1 spiro atoms. The van der Waals surface area contributed by atoms with Gasteiger partial charge in [-0.1, -0.05) is 0 Å². The molecule has 0 aromatic heterocycles. The van der Waals surface area contributed by atoms with Crippen molar-refractivity contribution in [1.82, 2.24) is 5.32 Å². The molecular weight excluding hydrogens is 142 g/mol. The molecule has 0 radical (unpaired) electrons. The van der Waals surface area contributed by atoms with Crippen LogP contribution in [0.15, 0.2) is 0 Å². The SMILES string of the molecule is COC(=O)C1CNCC12CC2. The third kappa shape index (κ3) is 0.948. The van der Waals surface area contributed by atoms with Crippen LogP contribution >= 0.6 is 0 Å². The van der Waals surface area contributed by atoms with Crippen molar-refractivity contribution in [1.29, 1.82) is 0 Å². The molecule has 0 aromatic rings. The zero-order valence-electron chi connectivity index (χ0n) is 6.72. The maximum atomic E-state index is 11.2. The van der Waals surface area contributed by atoms with Crippen LogP contribution < -0.4 is 5.32 Å². The molecule has 1 aliphatic carbocycles. The van der Waals surface area contributed by atoms with Crippen molar-refractivity contribution in [3.8, 4) is 0 Å². The van der Waals surface area contributed by atoms with Gasteiger partial charge in [0.15, 0.2) is 0 Å². The number of carbonyl (C=O) groups is 1. The van der Waals surface area contributed by atoms with Crippen molar-refractivity contribution in [2.75, 3.05) is 20.2 Å². The van der Waals surface area contributed by atoms with E-state index >= 15 is 0 Å². The van der Waals surface area contributed by atoms with Gasteiger partial charge in [0.1, 0.15) is 0 Å². The van der Waals surface area contributed by atoms with Crippen molar-refractivity contribution >= 4 is 5.97 Å². The highest BCUT2D eigenvalue weighted by Crippen LogP contribution is 2.54. The van der Waals surface area contributed by atoms with Gasteiger partial charge in [0.2, 0.25) is 0 Å². The van der Waals surface area contributed by atoms with Gasteiger partial charge in [-0.2, -0.15) is 0 Å². The largest absolute Gasteiger partial charge is 0.469 e. The second kappa shape index (κ2) is 2.21. The molecule has 1 aliphatic heterocycles. The van der Waals surface area contributed by atoms with Crippen molar-refractivity contribution in [3.05, 3.63) is 0 Å². The summed E-state index contributed by atoms with van der Waals surface area (Å²) in [6.45, 7) is 1.82.